The number of nitrogens with one attached hydrogen (secondary N) is 1. The average molecular weight is 410 g/mol. The van der Waals surface area contributed by atoms with Crippen LogP contribution in [0.1, 0.15) is 5.56 Å². The molecule has 0 amide bonds. The smallest absolute Gasteiger partial charge is 0.241 e. The van der Waals surface area contributed by atoms with Crippen LogP contribution in [0.15, 0.2) is 77.8 Å². The molecule has 1 fully saturated rings. The summed E-state index contributed by atoms with van der Waals surface area (Å²) in [6.07, 6.45) is 1.71. The van der Waals surface area contributed by atoms with E-state index in [0.717, 1.165) is 30.0 Å². The summed E-state index contributed by atoms with van der Waals surface area (Å²) >= 11 is 0. The molecule has 0 unspecified atom stereocenters. The van der Waals surface area contributed by atoms with Gasteiger partial charge in [0.05, 0.1) is 18.1 Å². The number of rotatable bonds is 6. The molecule has 2 aromatic carbocycles. The van der Waals surface area contributed by atoms with E-state index in [1.54, 1.807) is 18.3 Å². The highest BCUT2D eigenvalue weighted by atomic mass is 32.2. The lowest BCUT2D eigenvalue weighted by Crippen LogP contribution is -2.36. The average Bonchev–Trinajstić information content (AvgIpc) is 2.79. The van der Waals surface area contributed by atoms with Gasteiger partial charge in [0.1, 0.15) is 5.82 Å². The van der Waals surface area contributed by atoms with E-state index in [-0.39, 0.29) is 11.4 Å². The molecule has 1 aromatic heterocycles. The van der Waals surface area contributed by atoms with Crippen molar-refractivity contribution in [3.05, 3.63) is 78.5 Å². The molecule has 0 spiro atoms. The van der Waals surface area contributed by atoms with Crippen LogP contribution in [-0.4, -0.2) is 39.7 Å². The summed E-state index contributed by atoms with van der Waals surface area (Å²) in [5.41, 5.74) is 2.42. The van der Waals surface area contributed by atoms with Gasteiger partial charge < -0.3 is 9.64 Å². The zero-order chi connectivity index (χ0) is 20.1. The Hall–Kier alpha value is -2.74. The van der Waals surface area contributed by atoms with E-state index in [4.69, 9.17) is 4.74 Å². The third-order valence-corrected chi connectivity index (χ3v) is 6.33. The van der Waals surface area contributed by atoms with Gasteiger partial charge in [-0.1, -0.05) is 48.5 Å². The summed E-state index contributed by atoms with van der Waals surface area (Å²) in [6.45, 7) is 3.12. The highest BCUT2D eigenvalue weighted by Crippen LogP contribution is 2.27. The molecule has 29 heavy (non-hydrogen) atoms. The summed E-state index contributed by atoms with van der Waals surface area (Å²) in [4.78, 5) is 6.83. The first-order chi connectivity index (χ1) is 14.1. The highest BCUT2D eigenvalue weighted by Gasteiger charge is 2.19. The number of benzene rings is 2. The van der Waals surface area contributed by atoms with Crippen LogP contribution in [0, 0.1) is 0 Å². The Balaban J connectivity index is 1.53. The maximum atomic E-state index is 13.0. The predicted molar refractivity (Wildman–Crippen MR) is 113 cm³/mol. The Kier molecular flexibility index (Phi) is 5.89. The minimum Gasteiger partial charge on any atom is -0.378 e. The predicted octanol–water partition coefficient (Wildman–Crippen LogP) is 3.06. The first-order valence-corrected chi connectivity index (χ1v) is 11.0. The Morgan fingerprint density at radius 1 is 0.966 bits per heavy atom. The quantitative estimate of drug-likeness (QED) is 0.678. The molecule has 0 bridgehead atoms. The molecule has 6 nitrogen and oxygen atoms in total. The number of pyridine rings is 1. The van der Waals surface area contributed by atoms with Gasteiger partial charge in [0, 0.05) is 31.4 Å². The molecule has 7 heteroatoms. The number of sulfonamides is 1. The van der Waals surface area contributed by atoms with Crippen molar-refractivity contribution in [3.8, 4) is 11.1 Å². The molecular weight excluding hydrogens is 386 g/mol. The van der Waals surface area contributed by atoms with Gasteiger partial charge in [0.25, 0.3) is 0 Å². The SMILES string of the molecule is O=S(=O)(NCc1ccnc(N2CCOCC2)c1)c1ccccc1-c1ccccc1. The molecule has 0 radical (unpaired) electrons. The molecule has 1 N–H and O–H groups in total. The molecular formula is C22H23N3O3S. The van der Waals surface area contributed by atoms with Crippen LogP contribution in [-0.2, 0) is 21.3 Å². The Labute approximate surface area is 171 Å². The van der Waals surface area contributed by atoms with E-state index in [9.17, 15) is 8.42 Å². The maximum Gasteiger partial charge on any atom is 0.241 e. The van der Waals surface area contributed by atoms with Crippen LogP contribution >= 0.6 is 0 Å². The number of aromatic nitrogens is 1. The van der Waals surface area contributed by atoms with Gasteiger partial charge in [-0.2, -0.15) is 0 Å². The van der Waals surface area contributed by atoms with Crippen LogP contribution < -0.4 is 9.62 Å². The van der Waals surface area contributed by atoms with Gasteiger partial charge >= 0.3 is 0 Å². The summed E-state index contributed by atoms with van der Waals surface area (Å²) in [5.74, 6) is 0.842. The number of hydrogen-bond acceptors (Lipinski definition) is 5. The molecule has 0 aliphatic carbocycles. The largest absolute Gasteiger partial charge is 0.378 e. The molecule has 2 heterocycles. The van der Waals surface area contributed by atoms with Crippen molar-refractivity contribution in [3.63, 3.8) is 0 Å². The molecule has 1 saturated heterocycles. The van der Waals surface area contributed by atoms with Gasteiger partial charge in [-0.05, 0) is 29.3 Å². The van der Waals surface area contributed by atoms with Crippen LogP contribution in [0.5, 0.6) is 0 Å². The van der Waals surface area contributed by atoms with Crippen LogP contribution in [0.25, 0.3) is 11.1 Å². The maximum absolute atomic E-state index is 13.0. The second kappa shape index (κ2) is 8.73. The normalized spacial score (nSPS) is 14.7. The number of morpholine rings is 1. The lowest BCUT2D eigenvalue weighted by Gasteiger charge is -2.28. The fourth-order valence-electron chi connectivity index (χ4n) is 3.35. The zero-order valence-electron chi connectivity index (χ0n) is 16.0. The zero-order valence-corrected chi connectivity index (χ0v) is 16.8. The van der Waals surface area contributed by atoms with E-state index >= 15 is 0 Å². The lowest BCUT2D eigenvalue weighted by atomic mass is 10.1. The Morgan fingerprint density at radius 2 is 1.69 bits per heavy atom. The molecule has 1 aliphatic heterocycles. The summed E-state index contributed by atoms with van der Waals surface area (Å²) < 4.78 is 34.2. The third-order valence-electron chi connectivity index (χ3n) is 4.87. The summed E-state index contributed by atoms with van der Waals surface area (Å²) in [5, 5.41) is 0. The van der Waals surface area contributed by atoms with E-state index < -0.39 is 10.0 Å². The van der Waals surface area contributed by atoms with E-state index in [0.29, 0.717) is 18.8 Å². The van der Waals surface area contributed by atoms with Crippen molar-refractivity contribution in [2.24, 2.45) is 0 Å². The molecule has 0 saturated carbocycles. The molecule has 150 valence electrons. The summed E-state index contributed by atoms with van der Waals surface area (Å²) in [6, 6.07) is 20.3. The van der Waals surface area contributed by atoms with Crippen molar-refractivity contribution >= 4 is 15.8 Å². The molecule has 4 rings (SSSR count). The van der Waals surface area contributed by atoms with Crippen LogP contribution in [0.2, 0.25) is 0 Å². The van der Waals surface area contributed by atoms with Crippen LogP contribution in [0.4, 0.5) is 5.82 Å². The van der Waals surface area contributed by atoms with E-state index in [1.165, 1.54) is 0 Å². The molecule has 0 atom stereocenters. The Bertz CT molecular complexity index is 1070. The summed E-state index contributed by atoms with van der Waals surface area (Å²) in [7, 11) is -3.68. The van der Waals surface area contributed by atoms with Gasteiger partial charge in [-0.15, -0.1) is 0 Å². The first kappa shape index (κ1) is 19.6. The fourth-order valence-corrected chi connectivity index (χ4v) is 4.59. The van der Waals surface area contributed by atoms with Crippen molar-refractivity contribution < 1.29 is 13.2 Å². The fraction of sp³-hybridized carbons (Fsp3) is 0.227. The number of ether oxygens (including phenoxy) is 1. The molecule has 3 aromatic rings. The van der Waals surface area contributed by atoms with Crippen molar-refractivity contribution in [1.82, 2.24) is 9.71 Å². The van der Waals surface area contributed by atoms with Crippen molar-refractivity contribution in [2.45, 2.75) is 11.4 Å². The Morgan fingerprint density at radius 3 is 2.48 bits per heavy atom. The topological polar surface area (TPSA) is 71.5 Å². The van der Waals surface area contributed by atoms with Crippen LogP contribution in [0.3, 0.4) is 0 Å². The number of anilines is 1. The molecule has 1 aliphatic rings. The second-order valence-electron chi connectivity index (χ2n) is 6.81. The monoisotopic (exact) mass is 409 g/mol. The van der Waals surface area contributed by atoms with E-state index in [2.05, 4.69) is 14.6 Å². The van der Waals surface area contributed by atoms with Gasteiger partial charge in [0.15, 0.2) is 0 Å². The lowest BCUT2D eigenvalue weighted by molar-refractivity contribution is 0.122. The standard InChI is InChI=1S/C22H23N3O3S/c26-29(27,21-9-5-4-8-20(21)19-6-2-1-3-7-19)24-17-18-10-11-23-22(16-18)25-12-14-28-15-13-25/h1-11,16,24H,12-15,17H2. The number of nitrogens with zero attached hydrogens (tertiary/aromatic N) is 2. The van der Waals surface area contributed by atoms with Gasteiger partial charge in [-0.25, -0.2) is 18.1 Å². The van der Waals surface area contributed by atoms with Crippen molar-refractivity contribution in [2.75, 3.05) is 31.2 Å². The first-order valence-electron chi connectivity index (χ1n) is 9.55. The van der Waals surface area contributed by atoms with Gasteiger partial charge in [0.2, 0.25) is 10.0 Å². The highest BCUT2D eigenvalue weighted by molar-refractivity contribution is 7.89. The van der Waals surface area contributed by atoms with Crippen molar-refractivity contribution in [1.29, 1.82) is 0 Å². The van der Waals surface area contributed by atoms with Gasteiger partial charge in [-0.3, -0.25) is 0 Å². The minimum absolute atomic E-state index is 0.200. The minimum atomic E-state index is -3.68. The number of hydrogen-bond donors (Lipinski definition) is 1. The third kappa shape index (κ3) is 4.64. The second-order valence-corrected chi connectivity index (χ2v) is 8.54. The van der Waals surface area contributed by atoms with E-state index in [1.807, 2.05) is 54.6 Å².